The van der Waals surface area contributed by atoms with Crippen LogP contribution < -0.4 is 5.32 Å². The number of nitrogens with zero attached hydrogens (tertiary/aromatic N) is 2. The van der Waals surface area contributed by atoms with Crippen molar-refractivity contribution in [2.45, 2.75) is 75.7 Å². The van der Waals surface area contributed by atoms with Gasteiger partial charge in [-0.1, -0.05) is 42.5 Å². The first-order valence-electron chi connectivity index (χ1n) is 11.1. The molecule has 7 nitrogen and oxygen atoms in total. The molecule has 0 aromatic carbocycles. The summed E-state index contributed by atoms with van der Waals surface area (Å²) in [5, 5.41) is 5.12. The first kappa shape index (κ1) is 25.5. The molecule has 0 bridgehead atoms. The lowest BCUT2D eigenvalue weighted by Gasteiger charge is -2.20. The van der Waals surface area contributed by atoms with E-state index in [9.17, 15) is 14.4 Å². The number of carbonyl (C=O) groups excluding carboxylic acids is 3. The van der Waals surface area contributed by atoms with Crippen LogP contribution in [0.2, 0.25) is 0 Å². The van der Waals surface area contributed by atoms with E-state index < -0.39 is 0 Å². The average Bonchev–Trinajstić information content (AvgIpc) is 2.87. The minimum absolute atomic E-state index is 0.0417. The number of aromatic nitrogens is 1. The summed E-state index contributed by atoms with van der Waals surface area (Å²) >= 11 is 0. The number of hydrogen-bond donors (Lipinski definition) is 1. The number of nitrogens with one attached hydrogen (secondary N) is 1. The van der Waals surface area contributed by atoms with Crippen molar-refractivity contribution >= 4 is 39.4 Å². The van der Waals surface area contributed by atoms with E-state index in [0.717, 1.165) is 55.7 Å². The molecule has 0 radical (unpaired) electrons. The fourth-order valence-electron chi connectivity index (χ4n) is 3.10. The van der Waals surface area contributed by atoms with E-state index in [0.29, 0.717) is 38.8 Å². The first-order chi connectivity index (χ1) is 15.1. The van der Waals surface area contributed by atoms with E-state index in [1.807, 2.05) is 18.2 Å². The second kappa shape index (κ2) is 16.0. The van der Waals surface area contributed by atoms with Gasteiger partial charge in [0.2, 0.25) is 5.91 Å². The van der Waals surface area contributed by atoms with Gasteiger partial charge in [-0.2, -0.15) is 5.06 Å². The average molecular weight is 468 g/mol. The van der Waals surface area contributed by atoms with E-state index in [-0.39, 0.29) is 17.8 Å². The third-order valence-electron chi connectivity index (χ3n) is 4.82. The van der Waals surface area contributed by atoms with Gasteiger partial charge >= 0.3 is 5.97 Å². The van der Waals surface area contributed by atoms with Crippen LogP contribution in [0, 0.1) is 0 Å². The molecule has 1 N–H and O–H groups in total. The Morgan fingerprint density at radius 3 is 2.74 bits per heavy atom. The maximum Gasteiger partial charge on any atom is 0.332 e. The fraction of sp³-hybridized carbons (Fsp3) is 0.636. The Balaban J connectivity index is 1.46. The minimum Gasteiger partial charge on any atom is -0.356 e. The Kier molecular flexibility index (Phi) is 13.1. The standard InChI is InChI=1S/C22H33N3O4S2/c26-19(14-18-30-31-20-11-7-9-16-24-20)23-15-8-4-6-13-22(28)29-25-17-10-3-1-2-5-12-21(25)27/h7,9,11,16H,1-6,8,10,12-15,17-18H2,(H,23,26). The molecule has 0 atom stereocenters. The molecule has 1 aliphatic rings. The summed E-state index contributed by atoms with van der Waals surface area (Å²) in [6.07, 6.45) is 10.3. The second-order valence-electron chi connectivity index (χ2n) is 7.46. The molecule has 1 fully saturated rings. The topological polar surface area (TPSA) is 88.6 Å². The van der Waals surface area contributed by atoms with Crippen LogP contribution >= 0.6 is 21.6 Å². The summed E-state index contributed by atoms with van der Waals surface area (Å²) in [5.41, 5.74) is 0. The Morgan fingerprint density at radius 1 is 1.06 bits per heavy atom. The predicted octanol–water partition coefficient (Wildman–Crippen LogP) is 4.53. The zero-order valence-corrected chi connectivity index (χ0v) is 19.7. The van der Waals surface area contributed by atoms with E-state index in [4.69, 9.17) is 4.84 Å². The number of carbonyl (C=O) groups is 3. The quantitative estimate of drug-likeness (QED) is 0.357. The van der Waals surface area contributed by atoms with Crippen molar-refractivity contribution in [2.75, 3.05) is 18.8 Å². The Bertz CT molecular complexity index is 676. The van der Waals surface area contributed by atoms with Crippen LogP contribution in [0.1, 0.15) is 70.6 Å². The van der Waals surface area contributed by atoms with E-state index in [1.54, 1.807) is 27.8 Å². The molecule has 2 amide bonds. The van der Waals surface area contributed by atoms with E-state index in [2.05, 4.69) is 10.3 Å². The monoisotopic (exact) mass is 467 g/mol. The zero-order chi connectivity index (χ0) is 22.2. The van der Waals surface area contributed by atoms with Crippen LogP contribution in [-0.2, 0) is 19.2 Å². The highest BCUT2D eigenvalue weighted by Gasteiger charge is 2.19. The summed E-state index contributed by atoms with van der Waals surface area (Å²) in [7, 11) is 3.19. The molecule has 2 heterocycles. The van der Waals surface area contributed by atoms with Crippen molar-refractivity contribution in [3.8, 4) is 0 Å². The molecular formula is C22H33N3O4S2. The summed E-state index contributed by atoms with van der Waals surface area (Å²) in [4.78, 5) is 45.5. The van der Waals surface area contributed by atoms with Gasteiger partial charge in [-0.05, 0) is 48.6 Å². The van der Waals surface area contributed by atoms with Crippen LogP contribution in [0.3, 0.4) is 0 Å². The predicted molar refractivity (Wildman–Crippen MR) is 124 cm³/mol. The summed E-state index contributed by atoms with van der Waals surface area (Å²) in [6.45, 7) is 1.10. The van der Waals surface area contributed by atoms with Gasteiger partial charge in [0.25, 0.3) is 5.91 Å². The molecule has 9 heteroatoms. The molecule has 0 unspecified atom stereocenters. The maximum absolute atomic E-state index is 12.1. The molecule has 172 valence electrons. The van der Waals surface area contributed by atoms with Gasteiger partial charge in [-0.25, -0.2) is 9.78 Å². The number of unbranched alkanes of at least 4 members (excludes halogenated alkanes) is 2. The van der Waals surface area contributed by atoms with Crippen molar-refractivity contribution in [3.63, 3.8) is 0 Å². The van der Waals surface area contributed by atoms with Crippen LogP contribution in [0.5, 0.6) is 0 Å². The van der Waals surface area contributed by atoms with E-state index in [1.165, 1.54) is 5.06 Å². The Labute approximate surface area is 192 Å². The van der Waals surface area contributed by atoms with Crippen molar-refractivity contribution in [1.82, 2.24) is 15.4 Å². The minimum atomic E-state index is -0.348. The molecule has 1 saturated heterocycles. The van der Waals surface area contributed by atoms with Crippen molar-refractivity contribution in [1.29, 1.82) is 0 Å². The highest BCUT2D eigenvalue weighted by molar-refractivity contribution is 8.76. The van der Waals surface area contributed by atoms with Crippen molar-refractivity contribution in [3.05, 3.63) is 24.4 Å². The SMILES string of the molecule is O=C(CCSSc1ccccn1)NCCCCCC(=O)ON1CCCCCCCC1=O. The van der Waals surface area contributed by atoms with Crippen molar-refractivity contribution < 1.29 is 19.2 Å². The highest BCUT2D eigenvalue weighted by Crippen LogP contribution is 2.29. The molecule has 0 aliphatic carbocycles. The van der Waals surface area contributed by atoms with Gasteiger partial charge < -0.3 is 10.2 Å². The lowest BCUT2D eigenvalue weighted by atomic mass is 10.1. The summed E-state index contributed by atoms with van der Waals surface area (Å²) < 4.78 is 0. The number of amides is 2. The molecule has 1 aliphatic heterocycles. The maximum atomic E-state index is 12.1. The lowest BCUT2D eigenvalue weighted by Crippen LogP contribution is -2.34. The van der Waals surface area contributed by atoms with Crippen LogP contribution in [0.4, 0.5) is 0 Å². The third kappa shape index (κ3) is 12.0. The molecule has 31 heavy (non-hydrogen) atoms. The number of hydroxylamine groups is 2. The van der Waals surface area contributed by atoms with Gasteiger partial charge in [-0.15, -0.1) is 0 Å². The molecule has 1 aromatic rings. The van der Waals surface area contributed by atoms with Crippen LogP contribution in [0.15, 0.2) is 29.4 Å². The Hall–Kier alpha value is -1.74. The van der Waals surface area contributed by atoms with Crippen LogP contribution in [0.25, 0.3) is 0 Å². The number of pyridine rings is 1. The summed E-state index contributed by atoms with van der Waals surface area (Å²) in [6, 6.07) is 5.77. The van der Waals surface area contributed by atoms with Crippen molar-refractivity contribution in [2.24, 2.45) is 0 Å². The molecule has 2 rings (SSSR count). The lowest BCUT2D eigenvalue weighted by molar-refractivity contribution is -0.198. The number of hydrogen-bond acceptors (Lipinski definition) is 7. The molecule has 0 saturated carbocycles. The first-order valence-corrected chi connectivity index (χ1v) is 13.5. The van der Waals surface area contributed by atoms with Gasteiger partial charge in [-0.3, -0.25) is 9.59 Å². The van der Waals surface area contributed by atoms with Crippen LogP contribution in [-0.4, -0.2) is 46.7 Å². The Morgan fingerprint density at radius 2 is 1.90 bits per heavy atom. The highest BCUT2D eigenvalue weighted by atomic mass is 33.1. The zero-order valence-electron chi connectivity index (χ0n) is 18.1. The second-order valence-corrected chi connectivity index (χ2v) is 9.90. The van der Waals surface area contributed by atoms with Gasteiger partial charge in [0.1, 0.15) is 5.03 Å². The van der Waals surface area contributed by atoms with Gasteiger partial charge in [0.15, 0.2) is 0 Å². The van der Waals surface area contributed by atoms with E-state index >= 15 is 0 Å². The fourth-order valence-corrected chi connectivity index (χ4v) is 4.97. The smallest absolute Gasteiger partial charge is 0.332 e. The van der Waals surface area contributed by atoms with Gasteiger partial charge in [0, 0.05) is 37.8 Å². The largest absolute Gasteiger partial charge is 0.356 e. The molecular weight excluding hydrogens is 434 g/mol. The summed E-state index contributed by atoms with van der Waals surface area (Å²) in [5.74, 6) is 0.336. The number of rotatable bonds is 12. The third-order valence-corrected chi connectivity index (χ3v) is 7.08. The molecule has 0 spiro atoms. The van der Waals surface area contributed by atoms with Gasteiger partial charge in [0.05, 0.1) is 6.54 Å². The normalized spacial score (nSPS) is 15.0. The molecule has 1 aromatic heterocycles.